The number of halogens is 3. The normalized spacial score (nSPS) is 11.8. The number of hydrogen-bond donors (Lipinski definition) is 1. The van der Waals surface area contributed by atoms with Crippen molar-refractivity contribution in [2.24, 2.45) is 5.92 Å². The Morgan fingerprint density at radius 3 is 2.26 bits per heavy atom. The molecule has 0 bridgehead atoms. The van der Waals surface area contributed by atoms with Gasteiger partial charge in [0.25, 0.3) is 0 Å². The first kappa shape index (κ1) is 26.7. The van der Waals surface area contributed by atoms with Crippen LogP contribution < -0.4 is 5.32 Å². The van der Waals surface area contributed by atoms with Gasteiger partial charge in [0.1, 0.15) is 11.9 Å². The van der Waals surface area contributed by atoms with Crippen LogP contribution in [0.3, 0.4) is 0 Å². The maximum atomic E-state index is 13.7. The summed E-state index contributed by atoms with van der Waals surface area (Å²) in [5, 5.41) is 3.84. The molecule has 4 nitrogen and oxygen atoms in total. The molecular formula is C28H29Cl2FN2O2. The molecule has 1 atom stereocenters. The zero-order valence-electron chi connectivity index (χ0n) is 19.8. The van der Waals surface area contributed by atoms with Gasteiger partial charge in [0, 0.05) is 29.6 Å². The van der Waals surface area contributed by atoms with Crippen molar-refractivity contribution < 1.29 is 14.0 Å². The fraction of sp³-hybridized carbons (Fsp3) is 0.286. The smallest absolute Gasteiger partial charge is 0.243 e. The van der Waals surface area contributed by atoms with E-state index >= 15 is 0 Å². The number of amides is 2. The molecule has 0 heterocycles. The number of nitrogens with one attached hydrogen (secondary N) is 1. The lowest BCUT2D eigenvalue weighted by Gasteiger charge is -2.32. The molecule has 2 amide bonds. The van der Waals surface area contributed by atoms with Crippen molar-refractivity contribution in [3.8, 4) is 0 Å². The SMILES string of the molecule is CC(C)CNC(=O)C(Cc1ccccc1)N(Cc1ccc(F)cc1)C(=O)Cc1ccc(Cl)cc1Cl. The molecule has 0 fully saturated rings. The van der Waals surface area contributed by atoms with Gasteiger partial charge >= 0.3 is 0 Å². The average molecular weight is 515 g/mol. The molecule has 0 saturated heterocycles. The minimum Gasteiger partial charge on any atom is -0.354 e. The Labute approximate surface area is 216 Å². The van der Waals surface area contributed by atoms with Crippen LogP contribution in [0.2, 0.25) is 10.0 Å². The second kappa shape index (κ2) is 12.7. The van der Waals surface area contributed by atoms with Crippen molar-refractivity contribution in [2.45, 2.75) is 39.3 Å². The molecule has 0 aliphatic rings. The van der Waals surface area contributed by atoms with E-state index in [0.29, 0.717) is 28.6 Å². The predicted octanol–water partition coefficient (Wildman–Crippen LogP) is 6.09. The van der Waals surface area contributed by atoms with E-state index in [1.807, 2.05) is 44.2 Å². The van der Waals surface area contributed by atoms with E-state index in [2.05, 4.69) is 5.32 Å². The fourth-order valence-corrected chi connectivity index (χ4v) is 4.17. The maximum absolute atomic E-state index is 13.7. The van der Waals surface area contributed by atoms with E-state index in [1.54, 1.807) is 35.2 Å². The molecule has 7 heteroatoms. The zero-order chi connectivity index (χ0) is 25.4. The lowest BCUT2D eigenvalue weighted by Crippen LogP contribution is -2.51. The van der Waals surface area contributed by atoms with Gasteiger partial charge in [0.05, 0.1) is 6.42 Å². The van der Waals surface area contributed by atoms with Crippen LogP contribution in [0.5, 0.6) is 0 Å². The topological polar surface area (TPSA) is 49.4 Å². The minimum absolute atomic E-state index is 0.0000524. The van der Waals surface area contributed by atoms with E-state index in [1.165, 1.54) is 12.1 Å². The Bertz CT molecular complexity index is 1140. The van der Waals surface area contributed by atoms with Gasteiger partial charge in [0.15, 0.2) is 0 Å². The highest BCUT2D eigenvalue weighted by Gasteiger charge is 2.30. The summed E-state index contributed by atoms with van der Waals surface area (Å²) in [5.41, 5.74) is 2.27. The molecular weight excluding hydrogens is 486 g/mol. The zero-order valence-corrected chi connectivity index (χ0v) is 21.3. The third-order valence-corrected chi connectivity index (χ3v) is 6.17. The molecule has 0 aliphatic carbocycles. The maximum Gasteiger partial charge on any atom is 0.243 e. The van der Waals surface area contributed by atoms with Crippen LogP contribution in [0.4, 0.5) is 4.39 Å². The van der Waals surface area contributed by atoms with Crippen LogP contribution in [-0.2, 0) is 29.0 Å². The van der Waals surface area contributed by atoms with Crippen molar-refractivity contribution >= 4 is 35.0 Å². The second-order valence-corrected chi connectivity index (χ2v) is 9.75. The molecule has 3 aromatic rings. The lowest BCUT2D eigenvalue weighted by molar-refractivity contribution is -0.140. The largest absolute Gasteiger partial charge is 0.354 e. The van der Waals surface area contributed by atoms with Crippen molar-refractivity contribution in [3.63, 3.8) is 0 Å². The highest BCUT2D eigenvalue weighted by atomic mass is 35.5. The molecule has 3 rings (SSSR count). The van der Waals surface area contributed by atoms with Crippen LogP contribution in [0.25, 0.3) is 0 Å². The van der Waals surface area contributed by atoms with Crippen molar-refractivity contribution in [1.82, 2.24) is 10.2 Å². The third kappa shape index (κ3) is 8.08. The molecule has 3 aromatic carbocycles. The van der Waals surface area contributed by atoms with E-state index in [9.17, 15) is 14.0 Å². The summed E-state index contributed by atoms with van der Waals surface area (Å²) in [6, 6.07) is 19.7. The number of hydrogen-bond acceptors (Lipinski definition) is 2. The van der Waals surface area contributed by atoms with Gasteiger partial charge in [-0.3, -0.25) is 9.59 Å². The van der Waals surface area contributed by atoms with E-state index in [0.717, 1.165) is 11.1 Å². The first-order valence-electron chi connectivity index (χ1n) is 11.5. The molecule has 0 saturated carbocycles. The Hall–Kier alpha value is -2.89. The summed E-state index contributed by atoms with van der Waals surface area (Å²) in [4.78, 5) is 28.6. The minimum atomic E-state index is -0.764. The van der Waals surface area contributed by atoms with Gasteiger partial charge in [-0.1, -0.05) is 85.6 Å². The number of carbonyl (C=O) groups is 2. The molecule has 184 valence electrons. The van der Waals surface area contributed by atoms with Gasteiger partial charge in [-0.05, 0) is 46.9 Å². The van der Waals surface area contributed by atoms with E-state index < -0.39 is 6.04 Å². The number of rotatable bonds is 10. The molecule has 0 radical (unpaired) electrons. The van der Waals surface area contributed by atoms with Gasteiger partial charge in [-0.2, -0.15) is 0 Å². The summed E-state index contributed by atoms with van der Waals surface area (Å²) in [7, 11) is 0. The molecule has 0 aromatic heterocycles. The summed E-state index contributed by atoms with van der Waals surface area (Å²) < 4.78 is 13.5. The highest BCUT2D eigenvalue weighted by molar-refractivity contribution is 6.35. The van der Waals surface area contributed by atoms with Crippen molar-refractivity contribution in [1.29, 1.82) is 0 Å². The molecule has 0 aliphatic heterocycles. The number of nitrogens with zero attached hydrogens (tertiary/aromatic N) is 1. The van der Waals surface area contributed by atoms with Crippen LogP contribution in [-0.4, -0.2) is 29.3 Å². The predicted molar refractivity (Wildman–Crippen MR) is 139 cm³/mol. The van der Waals surface area contributed by atoms with Crippen molar-refractivity contribution in [2.75, 3.05) is 6.54 Å². The highest BCUT2D eigenvalue weighted by Crippen LogP contribution is 2.23. The fourth-order valence-electron chi connectivity index (χ4n) is 3.69. The third-order valence-electron chi connectivity index (χ3n) is 5.58. The number of benzene rings is 3. The Morgan fingerprint density at radius 2 is 1.63 bits per heavy atom. The van der Waals surface area contributed by atoms with Crippen LogP contribution in [0, 0.1) is 11.7 Å². The van der Waals surface area contributed by atoms with Gasteiger partial charge in [0.2, 0.25) is 11.8 Å². The molecule has 35 heavy (non-hydrogen) atoms. The summed E-state index contributed by atoms with van der Waals surface area (Å²) in [5.74, 6) is -0.611. The second-order valence-electron chi connectivity index (χ2n) is 8.91. The van der Waals surface area contributed by atoms with E-state index in [4.69, 9.17) is 23.2 Å². The first-order chi connectivity index (χ1) is 16.7. The standard InChI is InChI=1S/C28H29Cl2FN2O2/c1-19(2)17-32-28(35)26(14-20-6-4-3-5-7-20)33(18-21-8-12-24(31)13-9-21)27(34)15-22-10-11-23(29)16-25(22)30/h3-13,16,19,26H,14-15,17-18H2,1-2H3,(H,32,35). The van der Waals surface area contributed by atoms with Crippen LogP contribution >= 0.6 is 23.2 Å². The van der Waals surface area contributed by atoms with Gasteiger partial charge in [-0.25, -0.2) is 4.39 Å². The summed E-state index contributed by atoms with van der Waals surface area (Å²) in [6.45, 7) is 4.66. The monoisotopic (exact) mass is 514 g/mol. The van der Waals surface area contributed by atoms with Crippen molar-refractivity contribution in [3.05, 3.63) is 105 Å². The van der Waals surface area contributed by atoms with Crippen LogP contribution in [0.1, 0.15) is 30.5 Å². The Kier molecular flexibility index (Phi) is 9.70. The molecule has 0 spiro atoms. The van der Waals surface area contributed by atoms with Gasteiger partial charge < -0.3 is 10.2 Å². The Balaban J connectivity index is 1.96. The lowest BCUT2D eigenvalue weighted by atomic mass is 10.0. The molecule has 1 N–H and O–H groups in total. The molecule has 1 unspecified atom stereocenters. The summed E-state index contributed by atoms with van der Waals surface area (Å²) >= 11 is 12.4. The average Bonchev–Trinajstić information content (AvgIpc) is 2.83. The van der Waals surface area contributed by atoms with Gasteiger partial charge in [-0.15, -0.1) is 0 Å². The van der Waals surface area contributed by atoms with Crippen LogP contribution in [0.15, 0.2) is 72.8 Å². The quantitative estimate of drug-likeness (QED) is 0.356. The Morgan fingerprint density at radius 1 is 0.943 bits per heavy atom. The summed E-state index contributed by atoms with van der Waals surface area (Å²) in [6.07, 6.45) is 0.339. The first-order valence-corrected chi connectivity index (χ1v) is 12.3. The number of carbonyl (C=O) groups excluding carboxylic acids is 2. The van der Waals surface area contributed by atoms with E-state index in [-0.39, 0.29) is 36.5 Å².